The van der Waals surface area contributed by atoms with E-state index in [0.717, 1.165) is 37.7 Å². The summed E-state index contributed by atoms with van der Waals surface area (Å²) < 4.78 is 6.24. The minimum absolute atomic E-state index is 0.0846. The molecule has 2 aromatic carbocycles. The van der Waals surface area contributed by atoms with Gasteiger partial charge in [0.05, 0.1) is 24.7 Å². The van der Waals surface area contributed by atoms with Crippen LogP contribution >= 0.6 is 0 Å². The second-order valence-electron chi connectivity index (χ2n) is 15.9. The third-order valence-electron chi connectivity index (χ3n) is 11.8. The minimum atomic E-state index is -1.34. The van der Waals surface area contributed by atoms with E-state index in [1.54, 1.807) is 37.3 Å². The molecule has 7 atom stereocenters. The van der Waals surface area contributed by atoms with Gasteiger partial charge in [-0.3, -0.25) is 33.6 Å². The number of carboxylic acids is 2. The second-order valence-corrected chi connectivity index (χ2v) is 15.9. The summed E-state index contributed by atoms with van der Waals surface area (Å²) >= 11 is 0. The van der Waals surface area contributed by atoms with Crippen molar-refractivity contribution in [3.05, 3.63) is 71.8 Å². The van der Waals surface area contributed by atoms with E-state index in [2.05, 4.69) is 5.32 Å². The first-order valence-electron chi connectivity index (χ1n) is 20.6. The van der Waals surface area contributed by atoms with E-state index < -0.39 is 89.9 Å². The van der Waals surface area contributed by atoms with E-state index in [0.29, 0.717) is 12.0 Å². The largest absolute Gasteiger partial charge is 0.481 e. The van der Waals surface area contributed by atoms with Crippen LogP contribution in [0.15, 0.2) is 60.7 Å². The fourth-order valence-corrected chi connectivity index (χ4v) is 8.15. The Labute approximate surface area is 340 Å². The number of carbonyl (C=O) groups excluding carboxylic acids is 6. The summed E-state index contributed by atoms with van der Waals surface area (Å²) in [5.74, 6) is -9.50. The first kappa shape index (κ1) is 45.7. The number of carbonyl (C=O) groups is 8. The normalized spacial score (nSPS) is 19.6. The summed E-state index contributed by atoms with van der Waals surface area (Å²) in [5.41, 5.74) is 1.25. The number of benzene rings is 2. The summed E-state index contributed by atoms with van der Waals surface area (Å²) in [6.07, 6.45) is 3.18. The zero-order chi connectivity index (χ0) is 42.4. The summed E-state index contributed by atoms with van der Waals surface area (Å²) in [4.78, 5) is 107. The van der Waals surface area contributed by atoms with Crippen molar-refractivity contribution in [1.29, 1.82) is 0 Å². The van der Waals surface area contributed by atoms with Crippen LogP contribution in [-0.4, -0.2) is 80.7 Å². The fraction of sp³-hybridized carbons (Fsp3) is 0.556. The van der Waals surface area contributed by atoms with Crippen molar-refractivity contribution in [3.8, 4) is 0 Å². The van der Waals surface area contributed by atoms with Gasteiger partial charge in [0.25, 0.3) is 0 Å². The molecule has 1 aliphatic carbocycles. The zero-order valence-electron chi connectivity index (χ0n) is 33.8. The Morgan fingerprint density at radius 3 is 2.05 bits per heavy atom. The molecule has 1 aliphatic heterocycles. The van der Waals surface area contributed by atoms with E-state index in [4.69, 9.17) is 4.74 Å². The van der Waals surface area contributed by atoms with Gasteiger partial charge in [0, 0.05) is 56.4 Å². The number of likely N-dealkylation sites (tertiary alicyclic amines) is 1. The standard InChI is InChI=1S/C45H58N2O11/c1-4-14-33(42(52)37(48)21-22-40(51)46-41(45(56)57)32-19-12-7-13-20-32)23-39(50)36-24-34(58-27-30-15-8-5-9-16-30)26-47(36)43(53)35(31-17-10-6-11-18-31)25-38(49)28(2)29(3)44(54)55/h5,7-9,12-13,15-16,19-20,28-29,31,33-36,41H,4,6,10-11,14,17-18,21-27H2,1-3H3,(H,46,51)(H,54,55)(H,56,57)/t28?,29?,33?,34-,35?,36+,41?/m1/s1. The lowest BCUT2D eigenvalue weighted by Gasteiger charge is -2.34. The van der Waals surface area contributed by atoms with Crippen molar-refractivity contribution in [2.45, 2.75) is 123 Å². The molecule has 314 valence electrons. The predicted octanol–water partition coefficient (Wildman–Crippen LogP) is 5.92. The molecule has 13 heteroatoms. The van der Waals surface area contributed by atoms with Crippen LogP contribution in [0.3, 0.4) is 0 Å². The number of Topliss-reactive ketones (excluding diaryl/α,β-unsaturated/α-hetero) is 4. The number of nitrogens with one attached hydrogen (secondary N) is 1. The van der Waals surface area contributed by atoms with Crippen LogP contribution in [-0.2, 0) is 49.7 Å². The Hall–Kier alpha value is -5.04. The van der Waals surface area contributed by atoms with Crippen LogP contribution in [0.25, 0.3) is 0 Å². The average molecular weight is 803 g/mol. The SMILES string of the molecule is CCCC(CC(=O)[C@@H]1C[C@@H](OCc2ccccc2)CN1C(=O)C(CC(=O)C(C)C(C)C(=O)O)C1CCCCC1)C(=O)C(=O)CCC(=O)NC(C(=O)O)c1ccccc1. The molecule has 0 radical (unpaired) electrons. The summed E-state index contributed by atoms with van der Waals surface area (Å²) in [5, 5.41) is 21.6. The van der Waals surface area contributed by atoms with Gasteiger partial charge in [-0.2, -0.15) is 0 Å². The summed E-state index contributed by atoms with van der Waals surface area (Å²) in [7, 11) is 0. The number of aliphatic carboxylic acids is 2. The van der Waals surface area contributed by atoms with E-state index >= 15 is 0 Å². The summed E-state index contributed by atoms with van der Waals surface area (Å²) in [6.45, 7) is 5.17. The third-order valence-corrected chi connectivity index (χ3v) is 11.8. The first-order valence-corrected chi connectivity index (χ1v) is 20.6. The highest BCUT2D eigenvalue weighted by atomic mass is 16.5. The van der Waals surface area contributed by atoms with Gasteiger partial charge in [-0.15, -0.1) is 0 Å². The predicted molar refractivity (Wildman–Crippen MR) is 213 cm³/mol. The van der Waals surface area contributed by atoms with Crippen molar-refractivity contribution < 1.29 is 53.3 Å². The number of ether oxygens (including phenoxy) is 1. The molecule has 3 N–H and O–H groups in total. The molecule has 2 aromatic rings. The molecule has 1 heterocycles. The number of nitrogens with zero attached hydrogens (tertiary/aromatic N) is 1. The van der Waals surface area contributed by atoms with E-state index in [9.17, 15) is 48.6 Å². The number of amides is 2. The van der Waals surface area contributed by atoms with Gasteiger partial charge in [0.2, 0.25) is 17.6 Å². The Balaban J connectivity index is 1.51. The first-order chi connectivity index (χ1) is 27.7. The number of hydrogen-bond donors (Lipinski definition) is 3. The highest BCUT2D eigenvalue weighted by molar-refractivity contribution is 6.38. The third kappa shape index (κ3) is 12.7. The van der Waals surface area contributed by atoms with Gasteiger partial charge >= 0.3 is 11.9 Å². The van der Waals surface area contributed by atoms with Gasteiger partial charge in [0.1, 0.15) is 5.78 Å². The maximum absolute atomic E-state index is 14.7. The van der Waals surface area contributed by atoms with E-state index in [-0.39, 0.29) is 56.4 Å². The monoisotopic (exact) mass is 802 g/mol. The number of hydrogen-bond acceptors (Lipinski definition) is 9. The highest BCUT2D eigenvalue weighted by Crippen LogP contribution is 2.37. The molecular weight excluding hydrogens is 744 g/mol. The number of rotatable bonds is 23. The van der Waals surface area contributed by atoms with Crippen LogP contribution in [0, 0.1) is 29.6 Å². The fourth-order valence-electron chi connectivity index (χ4n) is 8.15. The van der Waals surface area contributed by atoms with Crippen molar-refractivity contribution in [3.63, 3.8) is 0 Å². The summed E-state index contributed by atoms with van der Waals surface area (Å²) in [6, 6.07) is 15.2. The van der Waals surface area contributed by atoms with Gasteiger partial charge in [0.15, 0.2) is 17.6 Å². The average Bonchev–Trinajstić information content (AvgIpc) is 3.67. The molecule has 58 heavy (non-hydrogen) atoms. The molecule has 0 aromatic heterocycles. The molecule has 2 aliphatic rings. The highest BCUT2D eigenvalue weighted by Gasteiger charge is 2.45. The van der Waals surface area contributed by atoms with Crippen molar-refractivity contribution in [2.75, 3.05) is 6.54 Å². The molecule has 13 nitrogen and oxygen atoms in total. The van der Waals surface area contributed by atoms with Crippen LogP contribution in [0.5, 0.6) is 0 Å². The molecule has 4 rings (SSSR count). The van der Waals surface area contributed by atoms with Gasteiger partial charge in [-0.25, -0.2) is 4.79 Å². The van der Waals surface area contributed by atoms with Crippen molar-refractivity contribution in [1.82, 2.24) is 10.2 Å². The maximum atomic E-state index is 14.7. The van der Waals surface area contributed by atoms with Crippen LogP contribution < -0.4 is 5.32 Å². The number of ketones is 4. The molecule has 0 spiro atoms. The molecule has 2 amide bonds. The quantitative estimate of drug-likeness (QED) is 0.113. The van der Waals surface area contributed by atoms with Gasteiger partial charge in [-0.1, -0.05) is 107 Å². The molecule has 2 fully saturated rings. The second kappa shape index (κ2) is 22.2. The van der Waals surface area contributed by atoms with Crippen molar-refractivity contribution >= 4 is 46.9 Å². The Bertz CT molecular complexity index is 1760. The molecular formula is C45H58N2O11. The molecule has 0 bridgehead atoms. The molecule has 1 saturated carbocycles. The van der Waals surface area contributed by atoms with Gasteiger partial charge < -0.3 is 25.2 Å². The Kier molecular flexibility index (Phi) is 17.5. The smallest absolute Gasteiger partial charge is 0.330 e. The topological polar surface area (TPSA) is 202 Å². The van der Waals surface area contributed by atoms with Crippen LogP contribution in [0.2, 0.25) is 0 Å². The minimum Gasteiger partial charge on any atom is -0.481 e. The van der Waals surface area contributed by atoms with E-state index in [1.165, 1.54) is 11.8 Å². The zero-order valence-corrected chi connectivity index (χ0v) is 33.8. The Morgan fingerprint density at radius 1 is 0.810 bits per heavy atom. The molecule has 1 saturated heterocycles. The lowest BCUT2D eigenvalue weighted by molar-refractivity contribution is -0.148. The lowest BCUT2D eigenvalue weighted by Crippen LogP contribution is -2.47. The lowest BCUT2D eigenvalue weighted by atomic mass is 9.75. The van der Waals surface area contributed by atoms with E-state index in [1.807, 2.05) is 37.3 Å². The van der Waals surface area contributed by atoms with Gasteiger partial charge in [-0.05, 0) is 36.3 Å². The van der Waals surface area contributed by atoms with Crippen LogP contribution in [0.4, 0.5) is 0 Å². The number of carboxylic acid groups (broad SMARTS) is 2. The molecule has 5 unspecified atom stereocenters. The van der Waals surface area contributed by atoms with Crippen LogP contribution in [0.1, 0.15) is 115 Å². The van der Waals surface area contributed by atoms with Crippen molar-refractivity contribution in [2.24, 2.45) is 29.6 Å². The Morgan fingerprint density at radius 2 is 1.45 bits per heavy atom. The maximum Gasteiger partial charge on any atom is 0.330 e.